The zero-order valence-electron chi connectivity index (χ0n) is 1.70. The Kier molecular flexibility index (Phi) is 20.2. The fourth-order valence-electron chi connectivity index (χ4n) is 0. The Bertz CT molecular complexity index is 8.00. The molecule has 0 amide bonds. The van der Waals surface area contributed by atoms with Gasteiger partial charge < -0.3 is 5.48 Å². The van der Waals surface area contributed by atoms with Crippen molar-refractivity contribution in [2.45, 2.75) is 0 Å². The van der Waals surface area contributed by atoms with Crippen LogP contribution in [0.2, 0.25) is 0 Å². The van der Waals surface area contributed by atoms with Crippen molar-refractivity contribution in [3.05, 3.63) is 0 Å². The molecule has 0 rings (SSSR count). The molecule has 0 aromatic rings. The summed E-state index contributed by atoms with van der Waals surface area (Å²) in [5, 5.41) is 0. The molecule has 0 spiro atoms. The largest absolute Gasteiger partial charge is 0.870 e. The van der Waals surface area contributed by atoms with Crippen molar-refractivity contribution in [1.82, 2.24) is 0 Å². The van der Waals surface area contributed by atoms with Crippen LogP contribution in [0.4, 0.5) is 0 Å². The van der Waals surface area contributed by atoms with E-state index in [1.54, 1.807) is 0 Å². The average Bonchev–Trinajstić information content (AvgIpc) is 0.918. The van der Waals surface area contributed by atoms with Crippen molar-refractivity contribution < 1.29 is 5.48 Å². The zero-order valence-corrected chi connectivity index (χ0v) is 7.93. The number of halogens is 2. The maximum Gasteiger partial charge on any atom is -0.870 e. The zero-order chi connectivity index (χ0) is 2.71. The molecule has 0 bridgehead atoms. The van der Waals surface area contributed by atoms with Gasteiger partial charge in [-0.3, -0.25) is 0 Å². The van der Waals surface area contributed by atoms with E-state index in [0.29, 0.717) is 0 Å². The smallest absolute Gasteiger partial charge is 0.870 e. The molecule has 4 heavy (non-hydrogen) atoms. The molecule has 0 saturated heterocycles. The first kappa shape index (κ1) is 9.17. The van der Waals surface area contributed by atoms with E-state index in [2.05, 4.69) is 12.0 Å². The van der Waals surface area contributed by atoms with E-state index in [9.17, 15) is 0 Å². The van der Waals surface area contributed by atoms with Crippen molar-refractivity contribution in [2.24, 2.45) is 0 Å². The molecule has 1 radical (unpaired) electrons. The molecular weight excluding hydrogens is 339 g/mol. The van der Waals surface area contributed by atoms with Gasteiger partial charge in [0.2, 0.25) is 0 Å². The van der Waals surface area contributed by atoms with Gasteiger partial charge in [0.1, 0.15) is 0 Å². The Balaban J connectivity index is 0. The molecule has 0 atom stereocenters. The van der Waals surface area contributed by atoms with Crippen molar-refractivity contribution in [3.8, 4) is 0 Å². The van der Waals surface area contributed by atoms with Crippen LogP contribution < -0.4 is 0 Å². The van der Waals surface area contributed by atoms with E-state index < -0.39 is 20.6 Å². The first-order valence-electron chi connectivity index (χ1n) is 0.378. The molecule has 0 aromatic carbocycles. The summed E-state index contributed by atoms with van der Waals surface area (Å²) in [5.74, 6) is 0. The maximum absolute atomic E-state index is 5.11. The molecule has 0 heterocycles. The van der Waals surface area contributed by atoms with Gasteiger partial charge in [0.25, 0.3) is 0 Å². The van der Waals surface area contributed by atoms with Crippen LogP contribution in [0.3, 0.4) is 0 Å². The predicted octanol–water partition coefficient (Wildman–Crippen LogP) is 0.978. The van der Waals surface area contributed by atoms with Crippen LogP contribution in [-0.2, 0) is 0 Å². The van der Waals surface area contributed by atoms with E-state index in [4.69, 9.17) is 8.32 Å². The van der Waals surface area contributed by atoms with Gasteiger partial charge in [-0.25, -0.2) is 0 Å². The first-order chi connectivity index (χ1) is 1.41. The molecule has 0 aliphatic rings. The summed E-state index contributed by atoms with van der Waals surface area (Å²) in [5.41, 5.74) is 0. The Labute approximate surface area is 46.0 Å². The van der Waals surface area contributed by atoms with Crippen molar-refractivity contribution in [1.29, 1.82) is 0 Å². The molecule has 0 fully saturated rings. The number of hydrogen-bond donors (Lipinski definition) is 0. The van der Waals surface area contributed by atoms with E-state index in [1.807, 2.05) is 0 Å². The summed E-state index contributed by atoms with van der Waals surface area (Å²) in [4.78, 5) is 0. The molecule has 0 saturated carbocycles. The van der Waals surface area contributed by atoms with E-state index in [0.717, 1.165) is 0 Å². The third-order valence-corrected chi connectivity index (χ3v) is 0. The van der Waals surface area contributed by atoms with Crippen molar-refractivity contribution >= 4 is 40.9 Å². The van der Waals surface area contributed by atoms with Crippen LogP contribution in [0.5, 0.6) is 0 Å². The van der Waals surface area contributed by atoms with Crippen LogP contribution in [0.15, 0.2) is 0 Å². The molecule has 25 valence electrons. The minimum absolute atomic E-state index is 0. The molecule has 0 aromatic heterocycles. The summed E-state index contributed by atoms with van der Waals surface area (Å²) in [6.07, 6.45) is 0. The van der Waals surface area contributed by atoms with E-state index in [-0.39, 0.29) is 5.48 Å². The minimum Gasteiger partial charge on any atom is -0.870 e. The first-order valence-corrected chi connectivity index (χ1v) is 13.6. The SMILES string of the molecule is [Cl][Pb+][Br].[OH-]. The van der Waals surface area contributed by atoms with Gasteiger partial charge in [-0.05, 0) is 0 Å². The molecule has 1 nitrogen and oxygen atoms in total. The monoisotopic (exact) mass is 339 g/mol. The van der Waals surface area contributed by atoms with Crippen molar-refractivity contribution in [3.63, 3.8) is 0 Å². The Morgan fingerprint density at radius 2 is 1.75 bits per heavy atom. The summed E-state index contributed by atoms with van der Waals surface area (Å²) in [7, 11) is 5.11. The second kappa shape index (κ2) is 8.82. The Morgan fingerprint density at radius 3 is 1.75 bits per heavy atom. The van der Waals surface area contributed by atoms with Gasteiger partial charge in [-0.2, -0.15) is 0 Å². The summed E-state index contributed by atoms with van der Waals surface area (Å²) < 4.78 is 0. The van der Waals surface area contributed by atoms with E-state index in [1.165, 1.54) is 0 Å². The normalized spacial score (nSPS) is 3.50. The summed E-state index contributed by atoms with van der Waals surface area (Å²) >= 11 is 2.47. The topological polar surface area (TPSA) is 30.0 Å². The summed E-state index contributed by atoms with van der Waals surface area (Å²) in [6.45, 7) is 0. The molecule has 0 unspecified atom stereocenters. The van der Waals surface area contributed by atoms with Gasteiger partial charge in [0.05, 0.1) is 0 Å². The number of hydrogen-bond acceptors (Lipinski definition) is 1. The molecule has 4 heteroatoms. The maximum atomic E-state index is 5.11. The third-order valence-electron chi connectivity index (χ3n) is 0. The fourth-order valence-corrected chi connectivity index (χ4v) is 0. The minimum atomic E-state index is -0.632. The third kappa shape index (κ3) is 9.41. The van der Waals surface area contributed by atoms with Crippen LogP contribution >= 0.6 is 20.3 Å². The van der Waals surface area contributed by atoms with Gasteiger partial charge in [-0.1, -0.05) is 0 Å². The molecule has 0 aliphatic carbocycles. The van der Waals surface area contributed by atoms with Gasteiger partial charge >= 0.3 is 40.9 Å². The Hall–Kier alpha value is 1.65. The fraction of sp³-hybridized carbons (Fsp3) is 0. The van der Waals surface area contributed by atoms with E-state index >= 15 is 0 Å². The van der Waals surface area contributed by atoms with Gasteiger partial charge in [0.15, 0.2) is 0 Å². The van der Waals surface area contributed by atoms with Gasteiger partial charge in [-0.15, -0.1) is 0 Å². The van der Waals surface area contributed by atoms with Crippen molar-refractivity contribution in [2.75, 3.05) is 0 Å². The summed E-state index contributed by atoms with van der Waals surface area (Å²) in [6, 6.07) is 0. The predicted molar refractivity (Wildman–Crippen MR) is 22.5 cm³/mol. The number of rotatable bonds is 0. The van der Waals surface area contributed by atoms with Crippen LogP contribution in [-0.4, -0.2) is 26.1 Å². The Morgan fingerprint density at radius 1 is 1.75 bits per heavy atom. The van der Waals surface area contributed by atoms with Crippen LogP contribution in [0.25, 0.3) is 0 Å². The van der Waals surface area contributed by atoms with Crippen LogP contribution in [0.1, 0.15) is 0 Å². The average molecular weight is 340 g/mol. The quantitative estimate of drug-likeness (QED) is 0.605. The molecule has 1 N–H and O–H groups in total. The molecular formula is HBrClOPb. The second-order valence-electron chi connectivity index (χ2n) is 0.0714. The molecule has 0 aliphatic heterocycles. The van der Waals surface area contributed by atoms with Crippen LogP contribution in [0, 0.1) is 0 Å². The van der Waals surface area contributed by atoms with Gasteiger partial charge in [0, 0.05) is 0 Å². The standard InChI is InChI=1S/BrH.ClH.H2O.Pb/h2*1H;1H2;/q;;;+3/p-3. The second-order valence-corrected chi connectivity index (χ2v) is 9.77.